The molecule has 0 fully saturated rings. The number of nitrogens with one attached hydrogen (secondary N) is 1. The number of hydrogen-bond donors (Lipinski definition) is 1. The summed E-state index contributed by atoms with van der Waals surface area (Å²) >= 11 is 0. The van der Waals surface area contributed by atoms with Gasteiger partial charge in [-0.3, -0.25) is 0 Å². The molecular weight excluding hydrogens is 172 g/mol. The molecule has 0 aromatic heterocycles. The smallest absolute Gasteiger partial charge is 0.163 e. The van der Waals surface area contributed by atoms with Gasteiger partial charge in [-0.05, 0) is 26.5 Å². The molecule has 0 aliphatic carbocycles. The van der Waals surface area contributed by atoms with Gasteiger partial charge in [-0.2, -0.15) is 0 Å². The normalized spacial score (nSPS) is 13.0. The second-order valence-electron chi connectivity index (χ2n) is 3.11. The van der Waals surface area contributed by atoms with Crippen LogP contribution in [0.4, 0.5) is 8.78 Å². The van der Waals surface area contributed by atoms with Crippen LogP contribution in [0.25, 0.3) is 0 Å². The van der Waals surface area contributed by atoms with Crippen molar-refractivity contribution in [2.45, 2.75) is 19.9 Å². The van der Waals surface area contributed by atoms with E-state index in [1.165, 1.54) is 0 Å². The van der Waals surface area contributed by atoms with Crippen molar-refractivity contribution in [2.24, 2.45) is 0 Å². The van der Waals surface area contributed by atoms with Crippen molar-refractivity contribution in [3.05, 3.63) is 34.9 Å². The van der Waals surface area contributed by atoms with Gasteiger partial charge >= 0.3 is 0 Å². The molecule has 1 N–H and O–H groups in total. The Morgan fingerprint density at radius 3 is 2.38 bits per heavy atom. The molecule has 3 heteroatoms. The summed E-state index contributed by atoms with van der Waals surface area (Å²) in [6.07, 6.45) is 0. The zero-order valence-electron chi connectivity index (χ0n) is 7.99. The lowest BCUT2D eigenvalue weighted by Crippen LogP contribution is -2.14. The van der Waals surface area contributed by atoms with Crippen molar-refractivity contribution < 1.29 is 8.78 Å². The molecule has 0 saturated carbocycles. The molecule has 0 unspecified atom stereocenters. The number of halogens is 2. The molecule has 0 aliphatic rings. The van der Waals surface area contributed by atoms with E-state index in [1.807, 2.05) is 0 Å². The third kappa shape index (κ3) is 1.86. The summed E-state index contributed by atoms with van der Waals surface area (Å²) in [6, 6.07) is 3.02. The van der Waals surface area contributed by atoms with E-state index >= 15 is 0 Å². The summed E-state index contributed by atoms with van der Waals surface area (Å²) in [5.74, 6) is -1.50. The Morgan fingerprint density at radius 1 is 1.23 bits per heavy atom. The van der Waals surface area contributed by atoms with Gasteiger partial charge in [0.15, 0.2) is 11.6 Å². The Kier molecular flexibility index (Phi) is 2.98. The summed E-state index contributed by atoms with van der Waals surface area (Å²) in [7, 11) is 1.71. The van der Waals surface area contributed by atoms with Crippen LogP contribution in [-0.2, 0) is 0 Å². The van der Waals surface area contributed by atoms with Crippen molar-refractivity contribution in [2.75, 3.05) is 7.05 Å². The summed E-state index contributed by atoms with van der Waals surface area (Å²) < 4.78 is 26.4. The van der Waals surface area contributed by atoms with Gasteiger partial charge in [-0.15, -0.1) is 0 Å². The van der Waals surface area contributed by atoms with Crippen LogP contribution in [0.15, 0.2) is 12.1 Å². The van der Waals surface area contributed by atoms with E-state index in [4.69, 9.17) is 0 Å². The van der Waals surface area contributed by atoms with Gasteiger partial charge in [0.05, 0.1) is 0 Å². The molecule has 0 radical (unpaired) electrons. The van der Waals surface area contributed by atoms with Gasteiger partial charge < -0.3 is 5.32 Å². The largest absolute Gasteiger partial charge is 0.313 e. The molecule has 0 bridgehead atoms. The van der Waals surface area contributed by atoms with E-state index in [9.17, 15) is 8.78 Å². The molecule has 0 heterocycles. The van der Waals surface area contributed by atoms with Crippen molar-refractivity contribution in [1.29, 1.82) is 0 Å². The lowest BCUT2D eigenvalue weighted by Gasteiger charge is -2.12. The summed E-state index contributed by atoms with van der Waals surface area (Å²) in [5.41, 5.74) is 0.704. The third-order valence-corrected chi connectivity index (χ3v) is 2.20. The number of benzene rings is 1. The molecule has 0 amide bonds. The van der Waals surface area contributed by atoms with Gasteiger partial charge in [0.1, 0.15) is 0 Å². The van der Waals surface area contributed by atoms with Crippen LogP contribution in [0.1, 0.15) is 24.1 Å². The Bertz CT molecular complexity index is 310. The molecular formula is C10H13F2N. The van der Waals surface area contributed by atoms with Crippen LogP contribution < -0.4 is 5.32 Å². The fourth-order valence-corrected chi connectivity index (χ4v) is 1.15. The molecule has 1 aromatic rings. The maximum Gasteiger partial charge on any atom is 0.163 e. The van der Waals surface area contributed by atoms with Gasteiger partial charge in [0.2, 0.25) is 0 Å². The highest BCUT2D eigenvalue weighted by Gasteiger charge is 2.14. The lowest BCUT2D eigenvalue weighted by atomic mass is 10.1. The highest BCUT2D eigenvalue weighted by molar-refractivity contribution is 5.27. The number of hydrogen-bond acceptors (Lipinski definition) is 1. The monoisotopic (exact) mass is 185 g/mol. The fourth-order valence-electron chi connectivity index (χ4n) is 1.15. The first kappa shape index (κ1) is 10.1. The van der Waals surface area contributed by atoms with E-state index in [0.29, 0.717) is 11.1 Å². The van der Waals surface area contributed by atoms with Crippen LogP contribution in [0.2, 0.25) is 0 Å². The maximum absolute atomic E-state index is 13.3. The minimum atomic E-state index is -0.750. The second-order valence-corrected chi connectivity index (χ2v) is 3.11. The minimum Gasteiger partial charge on any atom is -0.313 e. The van der Waals surface area contributed by atoms with E-state index in [1.54, 1.807) is 33.0 Å². The molecule has 0 aliphatic heterocycles. The Labute approximate surface area is 76.8 Å². The third-order valence-electron chi connectivity index (χ3n) is 2.20. The van der Waals surface area contributed by atoms with Crippen LogP contribution in [0.3, 0.4) is 0 Å². The van der Waals surface area contributed by atoms with Crippen molar-refractivity contribution in [3.63, 3.8) is 0 Å². The first-order valence-electron chi connectivity index (χ1n) is 4.19. The predicted molar refractivity (Wildman–Crippen MR) is 48.6 cm³/mol. The zero-order chi connectivity index (χ0) is 10.0. The predicted octanol–water partition coefficient (Wildman–Crippen LogP) is 2.55. The average Bonchev–Trinajstić information content (AvgIpc) is 2.13. The Balaban J connectivity index is 3.18. The SMILES string of the molecule is CN[C@H](C)c1ccc(C)c(F)c1F. The van der Waals surface area contributed by atoms with Crippen LogP contribution in [0, 0.1) is 18.6 Å². The standard InChI is InChI=1S/C10H13F2N/c1-6-4-5-8(7(2)13-3)10(12)9(6)11/h4-5,7,13H,1-3H3/t7-/m1/s1. The number of aryl methyl sites for hydroxylation is 1. The molecule has 1 nitrogen and oxygen atoms in total. The number of rotatable bonds is 2. The summed E-state index contributed by atoms with van der Waals surface area (Å²) in [5, 5.41) is 2.86. The quantitative estimate of drug-likeness (QED) is 0.746. The molecule has 72 valence electrons. The Hall–Kier alpha value is -0.960. The summed E-state index contributed by atoms with van der Waals surface area (Å²) in [6.45, 7) is 3.33. The molecule has 13 heavy (non-hydrogen) atoms. The highest BCUT2D eigenvalue weighted by Crippen LogP contribution is 2.20. The fraction of sp³-hybridized carbons (Fsp3) is 0.400. The van der Waals surface area contributed by atoms with Gasteiger partial charge in [0, 0.05) is 11.6 Å². The van der Waals surface area contributed by atoms with Crippen LogP contribution in [0.5, 0.6) is 0 Å². The molecule has 0 spiro atoms. The Morgan fingerprint density at radius 2 is 1.85 bits per heavy atom. The maximum atomic E-state index is 13.3. The topological polar surface area (TPSA) is 12.0 Å². The molecule has 1 atom stereocenters. The molecule has 0 saturated heterocycles. The average molecular weight is 185 g/mol. The van der Waals surface area contributed by atoms with E-state index in [0.717, 1.165) is 0 Å². The van der Waals surface area contributed by atoms with Gasteiger partial charge in [-0.1, -0.05) is 12.1 Å². The summed E-state index contributed by atoms with van der Waals surface area (Å²) in [4.78, 5) is 0. The van der Waals surface area contributed by atoms with Crippen LogP contribution in [-0.4, -0.2) is 7.05 Å². The molecule has 1 rings (SSSR count). The highest BCUT2D eigenvalue weighted by atomic mass is 19.2. The van der Waals surface area contributed by atoms with Gasteiger partial charge in [0.25, 0.3) is 0 Å². The van der Waals surface area contributed by atoms with Crippen molar-refractivity contribution >= 4 is 0 Å². The van der Waals surface area contributed by atoms with Crippen LogP contribution >= 0.6 is 0 Å². The second kappa shape index (κ2) is 3.83. The molecule has 1 aromatic carbocycles. The van der Waals surface area contributed by atoms with Crippen molar-refractivity contribution in [3.8, 4) is 0 Å². The van der Waals surface area contributed by atoms with E-state index in [-0.39, 0.29) is 6.04 Å². The lowest BCUT2D eigenvalue weighted by molar-refractivity contribution is 0.478. The van der Waals surface area contributed by atoms with Gasteiger partial charge in [-0.25, -0.2) is 8.78 Å². The first-order chi connectivity index (χ1) is 6.07. The zero-order valence-corrected chi connectivity index (χ0v) is 7.99. The minimum absolute atomic E-state index is 0.171. The van der Waals surface area contributed by atoms with E-state index < -0.39 is 11.6 Å². The van der Waals surface area contributed by atoms with E-state index in [2.05, 4.69) is 5.32 Å². The first-order valence-corrected chi connectivity index (χ1v) is 4.19. The van der Waals surface area contributed by atoms with Crippen molar-refractivity contribution in [1.82, 2.24) is 5.32 Å².